The molecule has 0 radical (unpaired) electrons. The maximum atomic E-state index is 13.3. The van der Waals surface area contributed by atoms with Gasteiger partial charge in [0.25, 0.3) is 0 Å². The second-order valence-corrected chi connectivity index (χ2v) is 4.09. The van der Waals surface area contributed by atoms with Crippen LogP contribution in [0.1, 0.15) is 24.3 Å². The number of phenols is 1. The minimum atomic E-state index is -0.366. The van der Waals surface area contributed by atoms with E-state index in [1.54, 1.807) is 0 Å². The van der Waals surface area contributed by atoms with Crippen LogP contribution < -0.4 is 10.1 Å². The number of aromatic hydroxyl groups is 1. The van der Waals surface area contributed by atoms with E-state index >= 15 is 0 Å². The van der Waals surface area contributed by atoms with Crippen LogP contribution in [-0.4, -0.2) is 25.3 Å². The van der Waals surface area contributed by atoms with Crippen LogP contribution in [0.25, 0.3) is 0 Å². The molecule has 88 valence electrons. The van der Waals surface area contributed by atoms with Crippen molar-refractivity contribution >= 4 is 0 Å². The highest BCUT2D eigenvalue weighted by molar-refractivity contribution is 5.47. The number of ether oxygens (including phenoxy) is 1. The highest BCUT2D eigenvalue weighted by Gasteiger charge is 2.21. The molecule has 1 aromatic rings. The Morgan fingerprint density at radius 1 is 1.50 bits per heavy atom. The van der Waals surface area contributed by atoms with Crippen LogP contribution in [-0.2, 0) is 0 Å². The third-order valence-electron chi connectivity index (χ3n) is 3.03. The second kappa shape index (κ2) is 4.70. The molecular weight excluding hydrogens is 209 g/mol. The molecule has 2 rings (SSSR count). The van der Waals surface area contributed by atoms with Crippen molar-refractivity contribution in [3.05, 3.63) is 23.5 Å². The van der Waals surface area contributed by atoms with Gasteiger partial charge >= 0.3 is 0 Å². The minimum absolute atomic E-state index is 0.0672. The Hall–Kier alpha value is -1.29. The van der Waals surface area contributed by atoms with Gasteiger partial charge in [0.15, 0.2) is 11.5 Å². The second-order valence-electron chi connectivity index (χ2n) is 4.09. The number of piperidine rings is 1. The highest BCUT2D eigenvalue weighted by atomic mass is 19.1. The third kappa shape index (κ3) is 2.11. The molecule has 0 spiro atoms. The number of methoxy groups -OCH3 is 1. The van der Waals surface area contributed by atoms with Gasteiger partial charge in [-0.15, -0.1) is 0 Å². The first-order valence-corrected chi connectivity index (χ1v) is 5.49. The fraction of sp³-hybridized carbons (Fsp3) is 0.500. The van der Waals surface area contributed by atoms with Crippen LogP contribution in [0.3, 0.4) is 0 Å². The third-order valence-corrected chi connectivity index (χ3v) is 3.03. The van der Waals surface area contributed by atoms with Crippen molar-refractivity contribution in [3.63, 3.8) is 0 Å². The van der Waals surface area contributed by atoms with Gasteiger partial charge in [-0.2, -0.15) is 0 Å². The van der Waals surface area contributed by atoms with Crippen molar-refractivity contribution in [1.82, 2.24) is 5.32 Å². The summed E-state index contributed by atoms with van der Waals surface area (Å²) in [5.41, 5.74) is 0.643. The van der Waals surface area contributed by atoms with Crippen molar-refractivity contribution < 1.29 is 14.2 Å². The molecule has 0 amide bonds. The van der Waals surface area contributed by atoms with Crippen molar-refractivity contribution in [3.8, 4) is 11.5 Å². The molecular formula is C12H16FNO2. The predicted molar refractivity (Wildman–Crippen MR) is 59.5 cm³/mol. The van der Waals surface area contributed by atoms with Gasteiger partial charge in [0.05, 0.1) is 7.11 Å². The Morgan fingerprint density at radius 2 is 2.31 bits per heavy atom. The first kappa shape index (κ1) is 11.2. The van der Waals surface area contributed by atoms with E-state index in [9.17, 15) is 9.50 Å². The molecule has 0 bridgehead atoms. The molecule has 0 aliphatic carbocycles. The number of phenolic OH excluding ortho intramolecular Hbond substituents is 1. The zero-order valence-corrected chi connectivity index (χ0v) is 9.29. The highest BCUT2D eigenvalue weighted by Crippen LogP contribution is 2.37. The summed E-state index contributed by atoms with van der Waals surface area (Å²) in [7, 11) is 1.43. The molecule has 0 saturated carbocycles. The van der Waals surface area contributed by atoms with Crippen molar-refractivity contribution in [1.29, 1.82) is 0 Å². The topological polar surface area (TPSA) is 41.5 Å². The van der Waals surface area contributed by atoms with Gasteiger partial charge in [0.2, 0.25) is 0 Å². The largest absolute Gasteiger partial charge is 0.504 e. The van der Waals surface area contributed by atoms with Gasteiger partial charge in [0, 0.05) is 24.1 Å². The SMILES string of the molecule is COc1cc(F)cc(C2CCCNC2)c1O. The smallest absolute Gasteiger partial charge is 0.163 e. The lowest BCUT2D eigenvalue weighted by molar-refractivity contribution is 0.359. The molecule has 1 fully saturated rings. The summed E-state index contributed by atoms with van der Waals surface area (Å²) in [4.78, 5) is 0. The Bertz CT molecular complexity index is 376. The Kier molecular flexibility index (Phi) is 3.29. The Balaban J connectivity index is 2.34. The summed E-state index contributed by atoms with van der Waals surface area (Å²) < 4.78 is 18.3. The maximum Gasteiger partial charge on any atom is 0.163 e. The summed E-state index contributed by atoms with van der Waals surface area (Å²) in [5.74, 6) is 0.0757. The minimum Gasteiger partial charge on any atom is -0.504 e. The molecule has 1 aliphatic heterocycles. The van der Waals surface area contributed by atoms with E-state index in [1.807, 2.05) is 0 Å². The average molecular weight is 225 g/mol. The molecule has 1 atom stereocenters. The normalized spacial score (nSPS) is 20.8. The molecule has 16 heavy (non-hydrogen) atoms. The number of halogens is 1. The summed E-state index contributed by atoms with van der Waals surface area (Å²) in [6, 6.07) is 2.60. The Morgan fingerprint density at radius 3 is 2.94 bits per heavy atom. The molecule has 1 aliphatic rings. The van der Waals surface area contributed by atoms with E-state index in [-0.39, 0.29) is 23.2 Å². The monoisotopic (exact) mass is 225 g/mol. The summed E-state index contributed by atoms with van der Waals surface area (Å²) in [6.07, 6.45) is 2.01. The first-order chi connectivity index (χ1) is 7.72. The lowest BCUT2D eigenvalue weighted by Gasteiger charge is -2.24. The molecule has 1 saturated heterocycles. The number of hydrogen-bond acceptors (Lipinski definition) is 3. The van der Waals surface area contributed by atoms with Gasteiger partial charge in [-0.1, -0.05) is 0 Å². The molecule has 1 unspecified atom stereocenters. The number of nitrogens with one attached hydrogen (secondary N) is 1. The van der Waals surface area contributed by atoms with Crippen LogP contribution >= 0.6 is 0 Å². The van der Waals surface area contributed by atoms with Crippen molar-refractivity contribution in [2.75, 3.05) is 20.2 Å². The van der Waals surface area contributed by atoms with Crippen molar-refractivity contribution in [2.45, 2.75) is 18.8 Å². The van der Waals surface area contributed by atoms with E-state index in [1.165, 1.54) is 19.2 Å². The fourth-order valence-corrected chi connectivity index (χ4v) is 2.18. The van der Waals surface area contributed by atoms with E-state index < -0.39 is 0 Å². The van der Waals surface area contributed by atoms with Crippen LogP contribution in [0.4, 0.5) is 4.39 Å². The number of rotatable bonds is 2. The predicted octanol–water partition coefficient (Wildman–Crippen LogP) is 2.01. The van der Waals surface area contributed by atoms with Crippen LogP contribution in [0.15, 0.2) is 12.1 Å². The van der Waals surface area contributed by atoms with Crippen LogP contribution in [0.5, 0.6) is 11.5 Å². The van der Waals surface area contributed by atoms with E-state index in [0.29, 0.717) is 5.56 Å². The maximum absolute atomic E-state index is 13.3. The van der Waals surface area contributed by atoms with Crippen LogP contribution in [0.2, 0.25) is 0 Å². The lowest BCUT2D eigenvalue weighted by Crippen LogP contribution is -2.28. The zero-order valence-electron chi connectivity index (χ0n) is 9.29. The van der Waals surface area contributed by atoms with Gasteiger partial charge in [0.1, 0.15) is 5.82 Å². The van der Waals surface area contributed by atoms with E-state index in [0.717, 1.165) is 25.9 Å². The molecule has 2 N–H and O–H groups in total. The molecule has 3 nitrogen and oxygen atoms in total. The van der Waals surface area contributed by atoms with Gasteiger partial charge in [-0.3, -0.25) is 0 Å². The summed E-state index contributed by atoms with van der Waals surface area (Å²) >= 11 is 0. The Labute approximate surface area is 94.2 Å². The van der Waals surface area contributed by atoms with Gasteiger partial charge in [-0.05, 0) is 25.5 Å². The van der Waals surface area contributed by atoms with E-state index in [2.05, 4.69) is 5.32 Å². The van der Waals surface area contributed by atoms with Gasteiger partial charge in [-0.25, -0.2) is 4.39 Å². The van der Waals surface area contributed by atoms with Gasteiger partial charge < -0.3 is 15.2 Å². The summed E-state index contributed by atoms with van der Waals surface area (Å²) in [5, 5.41) is 13.2. The quantitative estimate of drug-likeness (QED) is 0.809. The number of benzene rings is 1. The standard InChI is InChI=1S/C12H16FNO2/c1-16-11-6-9(13)5-10(12(11)15)8-3-2-4-14-7-8/h5-6,8,14-15H,2-4,7H2,1H3. The molecule has 4 heteroatoms. The fourth-order valence-electron chi connectivity index (χ4n) is 2.18. The first-order valence-electron chi connectivity index (χ1n) is 5.49. The average Bonchev–Trinajstić information content (AvgIpc) is 2.33. The number of hydrogen-bond donors (Lipinski definition) is 2. The van der Waals surface area contributed by atoms with Crippen molar-refractivity contribution in [2.24, 2.45) is 0 Å². The molecule has 1 aromatic carbocycles. The summed E-state index contributed by atoms with van der Waals surface area (Å²) in [6.45, 7) is 1.77. The molecule has 1 heterocycles. The van der Waals surface area contributed by atoms with Crippen LogP contribution in [0, 0.1) is 5.82 Å². The molecule has 0 aromatic heterocycles. The van der Waals surface area contributed by atoms with E-state index in [4.69, 9.17) is 4.74 Å². The zero-order chi connectivity index (χ0) is 11.5. The lowest BCUT2D eigenvalue weighted by atomic mass is 9.90.